The average molecular weight is 723 g/mol. The molecule has 0 aliphatic heterocycles. The summed E-state index contributed by atoms with van der Waals surface area (Å²) in [5, 5.41) is 0. The molecule has 0 saturated heterocycles. The van der Waals surface area contributed by atoms with Gasteiger partial charge in [-0.25, -0.2) is 19.2 Å². The Kier molecular flexibility index (Phi) is 19.2. The van der Waals surface area contributed by atoms with Crippen molar-refractivity contribution in [3.05, 3.63) is 144 Å². The van der Waals surface area contributed by atoms with Crippen LogP contribution in [-0.4, -0.2) is 49.3 Å². The zero-order chi connectivity index (χ0) is 38.3. The molecular formula is C45H54O8. The normalized spacial score (nSPS) is 12.8. The number of esters is 4. The lowest BCUT2D eigenvalue weighted by Crippen LogP contribution is -2.31. The predicted octanol–water partition coefficient (Wildman–Crippen LogP) is 10.2. The van der Waals surface area contributed by atoms with Gasteiger partial charge in [0.2, 0.25) is 0 Å². The van der Waals surface area contributed by atoms with Gasteiger partial charge in [-0.15, -0.1) is 0 Å². The van der Waals surface area contributed by atoms with Crippen LogP contribution in [0.15, 0.2) is 121 Å². The number of ether oxygens (including phenoxy) is 4. The fourth-order valence-corrected chi connectivity index (χ4v) is 5.86. The number of unbranched alkanes of at least 4 members (excludes halogenated alkanes) is 1. The Morgan fingerprint density at radius 1 is 0.434 bits per heavy atom. The molecule has 0 aromatic heterocycles. The zero-order valence-electron chi connectivity index (χ0n) is 31.5. The second kappa shape index (κ2) is 24.1. The molecule has 8 heteroatoms. The van der Waals surface area contributed by atoms with Crippen LogP contribution in [0.3, 0.4) is 0 Å². The van der Waals surface area contributed by atoms with Crippen LogP contribution in [0.5, 0.6) is 0 Å². The summed E-state index contributed by atoms with van der Waals surface area (Å²) in [6, 6.07) is 35.8. The second-order valence-corrected chi connectivity index (χ2v) is 12.8. The van der Waals surface area contributed by atoms with Crippen LogP contribution in [0, 0.1) is 11.8 Å². The molecular weight excluding hydrogens is 668 g/mol. The monoisotopic (exact) mass is 722 g/mol. The molecule has 4 aromatic rings. The molecule has 0 amide bonds. The summed E-state index contributed by atoms with van der Waals surface area (Å²) < 4.78 is 22.5. The molecule has 8 nitrogen and oxygen atoms in total. The van der Waals surface area contributed by atoms with Crippen LogP contribution >= 0.6 is 0 Å². The third-order valence-corrected chi connectivity index (χ3v) is 8.86. The van der Waals surface area contributed by atoms with E-state index in [0.29, 0.717) is 35.1 Å². The highest BCUT2D eigenvalue weighted by Gasteiger charge is 2.27. The number of benzene rings is 4. The molecule has 282 valence electrons. The Balaban J connectivity index is 0.000000286. The lowest BCUT2D eigenvalue weighted by atomic mass is 9.94. The molecule has 0 aliphatic rings. The van der Waals surface area contributed by atoms with Gasteiger partial charge in [0.05, 0.1) is 35.5 Å². The molecule has 4 aromatic carbocycles. The molecule has 0 heterocycles. The molecule has 0 aliphatic carbocycles. The highest BCUT2D eigenvalue weighted by Crippen LogP contribution is 2.23. The Morgan fingerprint density at radius 3 is 1.06 bits per heavy atom. The number of hydrogen-bond donors (Lipinski definition) is 0. The van der Waals surface area contributed by atoms with Crippen LogP contribution < -0.4 is 0 Å². The number of hydrogen-bond acceptors (Lipinski definition) is 8. The third kappa shape index (κ3) is 14.7. The first-order valence-corrected chi connectivity index (χ1v) is 18.8. The average Bonchev–Trinajstić information content (AvgIpc) is 3.22. The lowest BCUT2D eigenvalue weighted by Gasteiger charge is -2.26. The van der Waals surface area contributed by atoms with E-state index < -0.39 is 0 Å². The predicted molar refractivity (Wildman–Crippen MR) is 207 cm³/mol. The van der Waals surface area contributed by atoms with Crippen molar-refractivity contribution in [3.63, 3.8) is 0 Å². The minimum atomic E-state index is -0.351. The first-order valence-electron chi connectivity index (χ1n) is 18.8. The number of carbonyl (C=O) groups is 4. The fraction of sp³-hybridized carbons (Fsp3) is 0.378. The van der Waals surface area contributed by atoms with E-state index in [0.717, 1.165) is 32.1 Å². The largest absolute Gasteiger partial charge is 0.462 e. The molecule has 53 heavy (non-hydrogen) atoms. The van der Waals surface area contributed by atoms with Crippen molar-refractivity contribution in [2.24, 2.45) is 11.8 Å². The van der Waals surface area contributed by atoms with E-state index in [2.05, 4.69) is 13.8 Å². The molecule has 4 atom stereocenters. The first kappa shape index (κ1) is 42.2. The summed E-state index contributed by atoms with van der Waals surface area (Å²) in [4.78, 5) is 49.2. The lowest BCUT2D eigenvalue weighted by molar-refractivity contribution is -0.00880. The van der Waals surface area contributed by atoms with Gasteiger partial charge in [-0.3, -0.25) is 0 Å². The van der Waals surface area contributed by atoms with Crippen molar-refractivity contribution in [1.82, 2.24) is 0 Å². The van der Waals surface area contributed by atoms with E-state index in [-0.39, 0.29) is 61.1 Å². The number of rotatable bonds is 19. The van der Waals surface area contributed by atoms with Gasteiger partial charge in [-0.2, -0.15) is 0 Å². The smallest absolute Gasteiger partial charge is 0.338 e. The molecule has 0 saturated carbocycles. The molecule has 4 rings (SSSR count). The highest BCUT2D eigenvalue weighted by atomic mass is 16.6. The molecule has 0 radical (unpaired) electrons. The van der Waals surface area contributed by atoms with Gasteiger partial charge < -0.3 is 18.9 Å². The summed E-state index contributed by atoms with van der Waals surface area (Å²) in [5.74, 6) is -1.41. The summed E-state index contributed by atoms with van der Waals surface area (Å²) in [6.45, 7) is 8.63. The fourth-order valence-electron chi connectivity index (χ4n) is 5.86. The van der Waals surface area contributed by atoms with Gasteiger partial charge in [-0.1, -0.05) is 120 Å². The van der Waals surface area contributed by atoms with Gasteiger partial charge in [-0.05, 0) is 74.2 Å². The van der Waals surface area contributed by atoms with Crippen LogP contribution in [0.1, 0.15) is 114 Å². The molecule has 0 bridgehead atoms. The summed E-state index contributed by atoms with van der Waals surface area (Å²) in [7, 11) is 0. The summed E-state index contributed by atoms with van der Waals surface area (Å²) in [6.07, 6.45) is 5.40. The Hall–Kier alpha value is -5.24. The van der Waals surface area contributed by atoms with E-state index in [4.69, 9.17) is 18.9 Å². The maximum Gasteiger partial charge on any atom is 0.338 e. The van der Waals surface area contributed by atoms with E-state index in [1.165, 1.54) is 0 Å². The maximum absolute atomic E-state index is 12.4. The molecule has 0 spiro atoms. The molecule has 0 N–H and O–H groups in total. The van der Waals surface area contributed by atoms with Crippen molar-refractivity contribution in [2.75, 3.05) is 13.2 Å². The minimum Gasteiger partial charge on any atom is -0.462 e. The van der Waals surface area contributed by atoms with Gasteiger partial charge >= 0.3 is 23.9 Å². The van der Waals surface area contributed by atoms with E-state index in [1.807, 2.05) is 74.5 Å². The van der Waals surface area contributed by atoms with Crippen LogP contribution in [-0.2, 0) is 18.9 Å². The zero-order valence-corrected chi connectivity index (χ0v) is 31.5. The number of carbonyl (C=O) groups excluding carboxylic acids is 4. The minimum absolute atomic E-state index is 0.0183. The highest BCUT2D eigenvalue weighted by molar-refractivity contribution is 5.91. The van der Waals surface area contributed by atoms with Crippen LogP contribution in [0.4, 0.5) is 0 Å². The van der Waals surface area contributed by atoms with Crippen molar-refractivity contribution in [1.29, 1.82) is 0 Å². The van der Waals surface area contributed by atoms with Crippen molar-refractivity contribution in [3.8, 4) is 0 Å². The Bertz CT molecular complexity index is 1630. The second-order valence-electron chi connectivity index (χ2n) is 12.8. The van der Waals surface area contributed by atoms with Crippen LogP contribution in [0.2, 0.25) is 0 Å². The topological polar surface area (TPSA) is 105 Å². The first-order chi connectivity index (χ1) is 25.8. The van der Waals surface area contributed by atoms with Crippen molar-refractivity contribution in [2.45, 2.75) is 84.8 Å². The van der Waals surface area contributed by atoms with Gasteiger partial charge in [0.15, 0.2) is 0 Å². The van der Waals surface area contributed by atoms with Gasteiger partial charge in [0.1, 0.15) is 12.2 Å². The van der Waals surface area contributed by atoms with Crippen molar-refractivity contribution >= 4 is 23.9 Å². The van der Waals surface area contributed by atoms with Gasteiger partial charge in [0.25, 0.3) is 0 Å². The SMILES string of the molecule is CCCC(COC(=O)c1ccccc1)C(CC)OC(=O)c1ccccc1.CCCCC(COC(=O)c1ccccc1)C(CC)OC(=O)c1ccccc1. The Labute approximate surface area is 314 Å². The molecule has 0 fully saturated rings. The quantitative estimate of drug-likeness (QED) is 0.0696. The third-order valence-electron chi connectivity index (χ3n) is 8.86. The summed E-state index contributed by atoms with van der Waals surface area (Å²) in [5.41, 5.74) is 2.12. The molecule has 4 unspecified atom stereocenters. The van der Waals surface area contributed by atoms with Gasteiger partial charge in [0, 0.05) is 11.8 Å². The van der Waals surface area contributed by atoms with E-state index in [1.54, 1.807) is 60.7 Å². The van der Waals surface area contributed by atoms with E-state index in [9.17, 15) is 19.2 Å². The standard InChI is InChI=1S/C23H28O4.C22H26O4/c1-3-5-12-20(17-26-22(24)18-13-8-6-9-14-18)21(4-2)27-23(25)19-15-10-7-11-16-19;1-3-11-19(16-25-21(23)17-12-7-5-8-13-17)20(4-2)26-22(24)18-14-9-6-10-15-18/h6-11,13-16,20-21H,3-5,12,17H2,1-2H3;5-10,12-15,19-20H,3-4,11,16H2,1-2H3. The summed E-state index contributed by atoms with van der Waals surface area (Å²) >= 11 is 0. The van der Waals surface area contributed by atoms with Crippen molar-refractivity contribution < 1.29 is 38.1 Å². The Morgan fingerprint density at radius 2 is 0.755 bits per heavy atom. The maximum atomic E-state index is 12.4. The van der Waals surface area contributed by atoms with Crippen LogP contribution in [0.25, 0.3) is 0 Å². The van der Waals surface area contributed by atoms with E-state index >= 15 is 0 Å².